The van der Waals surface area contributed by atoms with Gasteiger partial charge in [-0.3, -0.25) is 0 Å². The van der Waals surface area contributed by atoms with Crippen LogP contribution in [0.4, 0.5) is 0 Å². The normalized spacial score (nSPS) is 12.3. The molecule has 0 heterocycles. The SMILES string of the molecule is C=C(CC(CC)CCCC)C(=O)OCC(CC)CCCC.C=CC(=O)O. The number of hydrogen-bond donors (Lipinski definition) is 1. The number of unbranched alkanes of at least 4 members (excludes halogenated alkanes) is 2. The lowest BCUT2D eigenvalue weighted by Gasteiger charge is -2.18. The van der Waals surface area contributed by atoms with Gasteiger partial charge in [-0.2, -0.15) is 0 Å². The fraction of sp³-hybridized carbons (Fsp3) is 0.727. The van der Waals surface area contributed by atoms with Crippen molar-refractivity contribution in [3.05, 3.63) is 24.8 Å². The topological polar surface area (TPSA) is 63.6 Å². The van der Waals surface area contributed by atoms with Gasteiger partial charge in [0.15, 0.2) is 0 Å². The first-order chi connectivity index (χ1) is 12.4. The molecular weight excluding hydrogens is 328 g/mol. The van der Waals surface area contributed by atoms with Crippen LogP contribution in [0, 0.1) is 11.8 Å². The molecule has 152 valence electrons. The molecule has 0 aliphatic rings. The zero-order chi connectivity index (χ0) is 20.4. The predicted octanol–water partition coefficient (Wildman–Crippen LogP) is 6.17. The summed E-state index contributed by atoms with van der Waals surface area (Å²) in [4.78, 5) is 21.3. The van der Waals surface area contributed by atoms with Gasteiger partial charge in [0, 0.05) is 11.6 Å². The van der Waals surface area contributed by atoms with E-state index in [1.54, 1.807) is 0 Å². The summed E-state index contributed by atoms with van der Waals surface area (Å²) in [5, 5.41) is 7.60. The Hall–Kier alpha value is -1.58. The van der Waals surface area contributed by atoms with E-state index in [0.717, 1.165) is 31.8 Å². The van der Waals surface area contributed by atoms with Gasteiger partial charge in [0.1, 0.15) is 0 Å². The lowest BCUT2D eigenvalue weighted by atomic mass is 9.92. The van der Waals surface area contributed by atoms with Gasteiger partial charge in [0.25, 0.3) is 0 Å². The first-order valence-corrected chi connectivity index (χ1v) is 10.1. The highest BCUT2D eigenvalue weighted by Crippen LogP contribution is 2.21. The van der Waals surface area contributed by atoms with Gasteiger partial charge in [-0.15, -0.1) is 0 Å². The van der Waals surface area contributed by atoms with Crippen LogP contribution in [0.15, 0.2) is 24.8 Å². The van der Waals surface area contributed by atoms with Gasteiger partial charge >= 0.3 is 11.9 Å². The number of carboxylic acids is 1. The summed E-state index contributed by atoms with van der Waals surface area (Å²) in [7, 11) is 0. The molecule has 0 aliphatic carbocycles. The average molecular weight is 369 g/mol. The Labute approximate surface area is 160 Å². The zero-order valence-electron chi connectivity index (χ0n) is 17.4. The van der Waals surface area contributed by atoms with E-state index in [1.165, 1.54) is 32.1 Å². The maximum atomic E-state index is 12.0. The van der Waals surface area contributed by atoms with Crippen LogP contribution < -0.4 is 0 Å². The Balaban J connectivity index is 0. The fourth-order valence-electron chi connectivity index (χ4n) is 2.57. The van der Waals surface area contributed by atoms with Crippen molar-refractivity contribution in [3.63, 3.8) is 0 Å². The third-order valence-electron chi connectivity index (χ3n) is 4.54. The number of carbonyl (C=O) groups excluding carboxylic acids is 1. The molecule has 0 saturated carbocycles. The van der Waals surface area contributed by atoms with Crippen molar-refractivity contribution >= 4 is 11.9 Å². The monoisotopic (exact) mass is 368 g/mol. The molecular formula is C22H40O4. The van der Waals surface area contributed by atoms with E-state index < -0.39 is 5.97 Å². The van der Waals surface area contributed by atoms with E-state index in [4.69, 9.17) is 9.84 Å². The van der Waals surface area contributed by atoms with Gasteiger partial charge in [-0.25, -0.2) is 9.59 Å². The quantitative estimate of drug-likeness (QED) is 0.294. The highest BCUT2D eigenvalue weighted by Gasteiger charge is 2.16. The van der Waals surface area contributed by atoms with Crippen molar-refractivity contribution in [2.45, 2.75) is 85.5 Å². The number of aliphatic carboxylic acids is 1. The van der Waals surface area contributed by atoms with Crippen LogP contribution in [-0.2, 0) is 14.3 Å². The summed E-state index contributed by atoms with van der Waals surface area (Å²) >= 11 is 0. The minimum atomic E-state index is -0.981. The number of esters is 1. The summed E-state index contributed by atoms with van der Waals surface area (Å²) in [5.74, 6) is -0.0827. The van der Waals surface area contributed by atoms with E-state index in [0.29, 0.717) is 24.0 Å². The molecule has 26 heavy (non-hydrogen) atoms. The van der Waals surface area contributed by atoms with Crippen LogP contribution in [0.2, 0.25) is 0 Å². The minimum Gasteiger partial charge on any atom is -0.478 e. The van der Waals surface area contributed by atoms with E-state index >= 15 is 0 Å². The molecule has 0 aliphatic heterocycles. The smallest absolute Gasteiger partial charge is 0.333 e. The molecule has 2 atom stereocenters. The molecule has 0 radical (unpaired) electrons. The molecule has 1 N–H and O–H groups in total. The minimum absolute atomic E-state index is 0.181. The Morgan fingerprint density at radius 2 is 1.46 bits per heavy atom. The van der Waals surface area contributed by atoms with E-state index in [9.17, 15) is 9.59 Å². The number of ether oxygens (including phenoxy) is 1. The number of carboxylic acid groups (broad SMARTS) is 1. The Morgan fingerprint density at radius 1 is 1.00 bits per heavy atom. The van der Waals surface area contributed by atoms with Crippen LogP contribution >= 0.6 is 0 Å². The second-order valence-electron chi connectivity index (χ2n) is 6.78. The summed E-state index contributed by atoms with van der Waals surface area (Å²) in [6, 6.07) is 0. The number of carbonyl (C=O) groups is 2. The molecule has 0 spiro atoms. The third kappa shape index (κ3) is 15.9. The highest BCUT2D eigenvalue weighted by molar-refractivity contribution is 5.87. The largest absolute Gasteiger partial charge is 0.478 e. The Morgan fingerprint density at radius 3 is 1.85 bits per heavy atom. The van der Waals surface area contributed by atoms with Crippen molar-refractivity contribution in [2.24, 2.45) is 11.8 Å². The first kappa shape index (κ1) is 26.6. The molecule has 0 rings (SSSR count). The average Bonchev–Trinajstić information content (AvgIpc) is 2.65. The fourth-order valence-corrected chi connectivity index (χ4v) is 2.57. The van der Waals surface area contributed by atoms with Crippen molar-refractivity contribution < 1.29 is 19.4 Å². The summed E-state index contributed by atoms with van der Waals surface area (Å²) in [6.45, 7) is 16.2. The van der Waals surface area contributed by atoms with E-state index in [-0.39, 0.29) is 5.97 Å². The first-order valence-electron chi connectivity index (χ1n) is 10.1. The molecule has 0 bridgehead atoms. The van der Waals surface area contributed by atoms with Gasteiger partial charge in [-0.05, 0) is 24.7 Å². The molecule has 4 heteroatoms. The summed E-state index contributed by atoms with van der Waals surface area (Å²) in [5.41, 5.74) is 0.656. The zero-order valence-corrected chi connectivity index (χ0v) is 17.4. The van der Waals surface area contributed by atoms with Gasteiger partial charge < -0.3 is 9.84 Å². The van der Waals surface area contributed by atoms with E-state index in [1.807, 2.05) is 0 Å². The maximum Gasteiger partial charge on any atom is 0.333 e. The molecule has 0 fully saturated rings. The molecule has 2 unspecified atom stereocenters. The van der Waals surface area contributed by atoms with Crippen LogP contribution in [-0.4, -0.2) is 23.7 Å². The molecule has 0 saturated heterocycles. The molecule has 0 aromatic carbocycles. The lowest BCUT2D eigenvalue weighted by molar-refractivity contribution is -0.140. The van der Waals surface area contributed by atoms with Crippen molar-refractivity contribution in [1.29, 1.82) is 0 Å². The second-order valence-corrected chi connectivity index (χ2v) is 6.78. The second kappa shape index (κ2) is 18.2. The molecule has 0 aromatic rings. The number of hydrogen-bond acceptors (Lipinski definition) is 3. The van der Waals surface area contributed by atoms with Gasteiger partial charge in [0.2, 0.25) is 0 Å². The van der Waals surface area contributed by atoms with Crippen molar-refractivity contribution in [3.8, 4) is 0 Å². The van der Waals surface area contributed by atoms with E-state index in [2.05, 4.69) is 40.9 Å². The lowest BCUT2D eigenvalue weighted by Crippen LogP contribution is -2.16. The highest BCUT2D eigenvalue weighted by atomic mass is 16.5. The Kier molecular flexibility index (Phi) is 18.7. The Bertz CT molecular complexity index is 401. The molecule has 0 amide bonds. The molecule has 4 nitrogen and oxygen atoms in total. The third-order valence-corrected chi connectivity index (χ3v) is 4.54. The maximum absolute atomic E-state index is 12.0. The van der Waals surface area contributed by atoms with Crippen molar-refractivity contribution in [2.75, 3.05) is 6.61 Å². The van der Waals surface area contributed by atoms with Crippen molar-refractivity contribution in [1.82, 2.24) is 0 Å². The summed E-state index contributed by atoms with van der Waals surface area (Å²) in [6.07, 6.45) is 11.0. The standard InChI is InChI=1S/C19H36O2.C3H4O2/c1-6-10-12-17(8-3)14-16(5)19(20)21-15-18(9-4)13-11-7-2;1-2-3(4)5/h17-18H,5-15H2,1-4H3;2H,1H2,(H,4,5). The predicted molar refractivity (Wildman–Crippen MR) is 109 cm³/mol. The van der Waals surface area contributed by atoms with Crippen LogP contribution in [0.5, 0.6) is 0 Å². The van der Waals surface area contributed by atoms with Crippen LogP contribution in [0.3, 0.4) is 0 Å². The summed E-state index contributed by atoms with van der Waals surface area (Å²) < 4.78 is 5.47. The van der Waals surface area contributed by atoms with Gasteiger partial charge in [0.05, 0.1) is 6.61 Å². The van der Waals surface area contributed by atoms with Crippen LogP contribution in [0.25, 0.3) is 0 Å². The van der Waals surface area contributed by atoms with Crippen LogP contribution in [0.1, 0.15) is 85.5 Å². The number of rotatable bonds is 14. The van der Waals surface area contributed by atoms with Gasteiger partial charge in [-0.1, -0.05) is 85.8 Å². The molecule has 0 aromatic heterocycles.